The molecular weight excluding hydrogens is 301 g/mol. The lowest BCUT2D eigenvalue weighted by atomic mass is 10.1. The molecule has 0 radical (unpaired) electrons. The standard InChI is InChI=1S/C17H13ClFN3/c18-14-9-13(10-20-11-14)17-21-8-7-15(22-17)6-5-12-3-1-2-4-16(12)19/h1-4,7-11H,5-6H2. The zero-order valence-electron chi connectivity index (χ0n) is 11.7. The summed E-state index contributed by atoms with van der Waals surface area (Å²) in [5.74, 6) is 0.386. The average Bonchev–Trinajstić information content (AvgIpc) is 2.54. The molecule has 3 aromatic rings. The Labute approximate surface area is 132 Å². The molecule has 0 amide bonds. The number of nitrogens with zero attached hydrogens (tertiary/aromatic N) is 3. The highest BCUT2D eigenvalue weighted by molar-refractivity contribution is 6.30. The maximum Gasteiger partial charge on any atom is 0.160 e. The van der Waals surface area contributed by atoms with Gasteiger partial charge in [-0.3, -0.25) is 4.98 Å². The van der Waals surface area contributed by atoms with Gasteiger partial charge in [0.15, 0.2) is 5.82 Å². The van der Waals surface area contributed by atoms with Crippen LogP contribution in [0.25, 0.3) is 11.4 Å². The smallest absolute Gasteiger partial charge is 0.160 e. The van der Waals surface area contributed by atoms with Gasteiger partial charge >= 0.3 is 0 Å². The van der Waals surface area contributed by atoms with E-state index in [0.29, 0.717) is 29.3 Å². The van der Waals surface area contributed by atoms with Gasteiger partial charge in [-0.05, 0) is 36.6 Å². The first kappa shape index (κ1) is 14.6. The van der Waals surface area contributed by atoms with Crippen LogP contribution >= 0.6 is 11.6 Å². The van der Waals surface area contributed by atoms with Gasteiger partial charge in [-0.25, -0.2) is 14.4 Å². The fraction of sp³-hybridized carbons (Fsp3) is 0.118. The summed E-state index contributed by atoms with van der Waals surface area (Å²) in [7, 11) is 0. The van der Waals surface area contributed by atoms with Gasteiger partial charge in [0.2, 0.25) is 0 Å². The van der Waals surface area contributed by atoms with Crippen LogP contribution in [0.1, 0.15) is 11.3 Å². The molecule has 0 aliphatic carbocycles. The molecule has 0 fully saturated rings. The minimum atomic E-state index is -0.184. The predicted molar refractivity (Wildman–Crippen MR) is 84.1 cm³/mol. The molecule has 0 unspecified atom stereocenters. The van der Waals surface area contributed by atoms with E-state index in [0.717, 1.165) is 11.3 Å². The fourth-order valence-corrected chi connectivity index (χ4v) is 2.35. The summed E-state index contributed by atoms with van der Waals surface area (Å²) in [6.07, 6.45) is 6.16. The third kappa shape index (κ3) is 3.46. The molecule has 2 aromatic heterocycles. The summed E-state index contributed by atoms with van der Waals surface area (Å²) in [6.45, 7) is 0. The molecule has 22 heavy (non-hydrogen) atoms. The SMILES string of the molecule is Fc1ccccc1CCc1ccnc(-c2cncc(Cl)c2)n1. The Morgan fingerprint density at radius 3 is 2.73 bits per heavy atom. The second-order valence-corrected chi connectivity index (χ2v) is 5.29. The maximum absolute atomic E-state index is 13.6. The van der Waals surface area contributed by atoms with Gasteiger partial charge in [-0.1, -0.05) is 29.8 Å². The summed E-state index contributed by atoms with van der Waals surface area (Å²) in [6, 6.07) is 10.4. The average molecular weight is 314 g/mol. The highest BCUT2D eigenvalue weighted by atomic mass is 35.5. The molecule has 0 atom stereocenters. The van der Waals surface area contributed by atoms with E-state index in [1.165, 1.54) is 6.07 Å². The van der Waals surface area contributed by atoms with Crippen LogP contribution in [-0.2, 0) is 12.8 Å². The Kier molecular flexibility index (Phi) is 4.39. The van der Waals surface area contributed by atoms with Crippen molar-refractivity contribution in [3.8, 4) is 11.4 Å². The van der Waals surface area contributed by atoms with E-state index < -0.39 is 0 Å². The summed E-state index contributed by atoms with van der Waals surface area (Å²) in [4.78, 5) is 12.8. The molecule has 5 heteroatoms. The first-order chi connectivity index (χ1) is 10.7. The number of aryl methyl sites for hydroxylation is 2. The zero-order chi connectivity index (χ0) is 15.4. The summed E-state index contributed by atoms with van der Waals surface area (Å²) in [5, 5.41) is 0.540. The second-order valence-electron chi connectivity index (χ2n) is 4.85. The lowest BCUT2D eigenvalue weighted by Crippen LogP contribution is -1.99. The molecular formula is C17H13ClFN3. The van der Waals surface area contributed by atoms with Gasteiger partial charge in [0.1, 0.15) is 5.82 Å². The molecule has 0 aliphatic rings. The fourth-order valence-electron chi connectivity index (χ4n) is 2.17. The largest absolute Gasteiger partial charge is 0.262 e. The highest BCUT2D eigenvalue weighted by Gasteiger charge is 2.06. The maximum atomic E-state index is 13.6. The minimum absolute atomic E-state index is 0.184. The molecule has 0 N–H and O–H groups in total. The monoisotopic (exact) mass is 313 g/mol. The van der Waals surface area contributed by atoms with Crippen molar-refractivity contribution in [2.75, 3.05) is 0 Å². The van der Waals surface area contributed by atoms with Gasteiger partial charge in [0, 0.05) is 29.8 Å². The molecule has 1 aromatic carbocycles. The Hall–Kier alpha value is -2.33. The van der Waals surface area contributed by atoms with Crippen LogP contribution in [0, 0.1) is 5.82 Å². The van der Waals surface area contributed by atoms with Gasteiger partial charge in [0.05, 0.1) is 5.02 Å². The number of aromatic nitrogens is 3. The number of hydrogen-bond acceptors (Lipinski definition) is 3. The number of pyridine rings is 1. The molecule has 3 rings (SSSR count). The molecule has 0 saturated heterocycles. The number of halogens is 2. The van der Waals surface area contributed by atoms with Crippen LogP contribution in [-0.4, -0.2) is 15.0 Å². The van der Waals surface area contributed by atoms with Crippen LogP contribution in [0.15, 0.2) is 55.0 Å². The van der Waals surface area contributed by atoms with Crippen molar-refractivity contribution in [2.24, 2.45) is 0 Å². The van der Waals surface area contributed by atoms with E-state index in [1.807, 2.05) is 12.1 Å². The van der Waals surface area contributed by atoms with Crippen molar-refractivity contribution in [1.82, 2.24) is 15.0 Å². The first-order valence-electron chi connectivity index (χ1n) is 6.88. The van der Waals surface area contributed by atoms with Gasteiger partial charge in [-0.15, -0.1) is 0 Å². The van der Waals surface area contributed by atoms with Crippen molar-refractivity contribution in [3.63, 3.8) is 0 Å². The van der Waals surface area contributed by atoms with Crippen molar-refractivity contribution < 1.29 is 4.39 Å². The van der Waals surface area contributed by atoms with Crippen molar-refractivity contribution >= 4 is 11.6 Å². The molecule has 3 nitrogen and oxygen atoms in total. The molecule has 110 valence electrons. The van der Waals surface area contributed by atoms with Crippen LogP contribution in [0.2, 0.25) is 5.02 Å². The van der Waals surface area contributed by atoms with Crippen molar-refractivity contribution in [2.45, 2.75) is 12.8 Å². The van der Waals surface area contributed by atoms with Crippen LogP contribution < -0.4 is 0 Å². The van der Waals surface area contributed by atoms with E-state index in [1.54, 1.807) is 36.8 Å². The van der Waals surface area contributed by atoms with E-state index in [4.69, 9.17) is 11.6 Å². The Bertz CT molecular complexity index is 792. The van der Waals surface area contributed by atoms with E-state index in [2.05, 4.69) is 15.0 Å². The topological polar surface area (TPSA) is 38.7 Å². The molecule has 0 bridgehead atoms. The third-order valence-electron chi connectivity index (χ3n) is 3.28. The van der Waals surface area contributed by atoms with Gasteiger partial charge in [0.25, 0.3) is 0 Å². The number of rotatable bonds is 4. The lowest BCUT2D eigenvalue weighted by Gasteiger charge is -2.05. The predicted octanol–water partition coefficient (Wildman–Crippen LogP) is 4.12. The first-order valence-corrected chi connectivity index (χ1v) is 7.26. The summed E-state index contributed by atoms with van der Waals surface area (Å²) in [5.41, 5.74) is 2.31. The normalized spacial score (nSPS) is 10.6. The molecule has 2 heterocycles. The Balaban J connectivity index is 1.78. The molecule has 0 aliphatic heterocycles. The Morgan fingerprint density at radius 1 is 1.05 bits per heavy atom. The number of hydrogen-bond donors (Lipinski definition) is 0. The van der Waals surface area contributed by atoms with Crippen molar-refractivity contribution in [1.29, 1.82) is 0 Å². The second kappa shape index (κ2) is 6.62. The summed E-state index contributed by atoms with van der Waals surface area (Å²) < 4.78 is 13.6. The Morgan fingerprint density at radius 2 is 1.91 bits per heavy atom. The quantitative estimate of drug-likeness (QED) is 0.727. The van der Waals surface area contributed by atoms with Gasteiger partial charge in [-0.2, -0.15) is 0 Å². The van der Waals surface area contributed by atoms with Crippen LogP contribution in [0.5, 0.6) is 0 Å². The minimum Gasteiger partial charge on any atom is -0.262 e. The van der Waals surface area contributed by atoms with E-state index in [-0.39, 0.29) is 5.82 Å². The van der Waals surface area contributed by atoms with E-state index >= 15 is 0 Å². The highest BCUT2D eigenvalue weighted by Crippen LogP contribution is 2.18. The molecule has 0 saturated carbocycles. The van der Waals surface area contributed by atoms with Crippen LogP contribution in [0.3, 0.4) is 0 Å². The summed E-state index contributed by atoms with van der Waals surface area (Å²) >= 11 is 5.93. The zero-order valence-corrected chi connectivity index (χ0v) is 12.5. The van der Waals surface area contributed by atoms with Crippen molar-refractivity contribution in [3.05, 3.63) is 77.1 Å². The number of benzene rings is 1. The van der Waals surface area contributed by atoms with Crippen LogP contribution in [0.4, 0.5) is 4.39 Å². The lowest BCUT2D eigenvalue weighted by molar-refractivity contribution is 0.608. The van der Waals surface area contributed by atoms with E-state index in [9.17, 15) is 4.39 Å². The third-order valence-corrected chi connectivity index (χ3v) is 3.49. The van der Waals surface area contributed by atoms with Gasteiger partial charge < -0.3 is 0 Å². The molecule has 0 spiro atoms.